The molecule has 0 rings (SSSR count). The Morgan fingerprint density at radius 3 is 1.86 bits per heavy atom. The van der Waals surface area contributed by atoms with Gasteiger partial charge < -0.3 is 0 Å². The molecule has 0 saturated heterocycles. The van der Waals surface area contributed by atoms with Crippen molar-refractivity contribution in [2.75, 3.05) is 0 Å². The largest absolute Gasteiger partial charge is 0.0683 e. The van der Waals surface area contributed by atoms with Crippen LogP contribution in [0.5, 0.6) is 0 Å². The third-order valence-corrected chi connectivity index (χ3v) is 3.05. The summed E-state index contributed by atoms with van der Waals surface area (Å²) >= 11 is 0. The van der Waals surface area contributed by atoms with Crippen molar-refractivity contribution in [2.45, 2.75) is 80.6 Å². The summed E-state index contributed by atoms with van der Waals surface area (Å²) in [6.45, 7) is 15.7. The number of hydrogen-bond donors (Lipinski definition) is 0. The van der Waals surface area contributed by atoms with Crippen molar-refractivity contribution in [2.24, 2.45) is 11.3 Å². The Bertz CT molecular complexity index is 103. The molecule has 0 nitrogen and oxygen atoms in total. The first kappa shape index (κ1) is 16.4. The van der Waals surface area contributed by atoms with Gasteiger partial charge in [0.2, 0.25) is 0 Å². The van der Waals surface area contributed by atoms with E-state index in [1.54, 1.807) is 0 Å². The molecule has 0 heteroatoms. The van der Waals surface area contributed by atoms with E-state index in [1.807, 2.05) is 13.8 Å². The lowest BCUT2D eigenvalue weighted by Crippen LogP contribution is -2.11. The van der Waals surface area contributed by atoms with E-state index < -0.39 is 0 Å². The Morgan fingerprint density at radius 1 is 1.00 bits per heavy atom. The first-order chi connectivity index (χ1) is 6.52. The van der Waals surface area contributed by atoms with E-state index in [9.17, 15) is 0 Å². The lowest BCUT2D eigenvalue weighted by molar-refractivity contribution is 0.283. The molecule has 1 atom stereocenters. The molecule has 0 spiro atoms. The lowest BCUT2D eigenvalue weighted by atomic mass is 9.82. The smallest absolute Gasteiger partial charge is 0.0357 e. The summed E-state index contributed by atoms with van der Waals surface area (Å²) in [6, 6.07) is 0. The van der Waals surface area contributed by atoms with Crippen LogP contribution in [0.2, 0.25) is 0 Å². The molecule has 0 aliphatic rings. The molecule has 0 heterocycles. The molecule has 0 aliphatic carbocycles. The fourth-order valence-electron chi connectivity index (χ4n) is 1.45. The molecular formula is C14H32. The minimum atomic E-state index is 0.571. The Hall–Kier alpha value is 0. The molecule has 14 heavy (non-hydrogen) atoms. The molecule has 0 radical (unpaired) electrons. The Kier molecular flexibility index (Phi) is 11.2. The van der Waals surface area contributed by atoms with Crippen LogP contribution >= 0.6 is 0 Å². The summed E-state index contributed by atoms with van der Waals surface area (Å²) < 4.78 is 0. The maximum Gasteiger partial charge on any atom is -0.0357 e. The molecule has 0 aromatic heterocycles. The van der Waals surface area contributed by atoms with Crippen LogP contribution in [0.25, 0.3) is 0 Å². The topological polar surface area (TPSA) is 0 Å². The predicted molar refractivity (Wildman–Crippen MR) is 68.7 cm³/mol. The van der Waals surface area contributed by atoms with Gasteiger partial charge >= 0.3 is 0 Å². The van der Waals surface area contributed by atoms with E-state index in [2.05, 4.69) is 34.6 Å². The van der Waals surface area contributed by atoms with E-state index in [4.69, 9.17) is 0 Å². The van der Waals surface area contributed by atoms with Crippen LogP contribution in [0.1, 0.15) is 80.6 Å². The molecule has 0 saturated carbocycles. The van der Waals surface area contributed by atoms with Gasteiger partial charge in [-0.3, -0.25) is 0 Å². The molecule has 0 aromatic rings. The lowest BCUT2D eigenvalue weighted by Gasteiger charge is -2.24. The van der Waals surface area contributed by atoms with Gasteiger partial charge in [0, 0.05) is 0 Å². The van der Waals surface area contributed by atoms with Crippen molar-refractivity contribution >= 4 is 0 Å². The van der Waals surface area contributed by atoms with Crippen LogP contribution in [0.3, 0.4) is 0 Å². The number of hydrogen-bond acceptors (Lipinski definition) is 0. The van der Waals surface area contributed by atoms with Gasteiger partial charge in [-0.25, -0.2) is 0 Å². The van der Waals surface area contributed by atoms with Crippen molar-refractivity contribution in [3.05, 3.63) is 0 Å². The molecule has 0 aliphatic heterocycles. The monoisotopic (exact) mass is 200 g/mol. The fraction of sp³-hybridized carbons (Fsp3) is 1.00. The Balaban J connectivity index is 0. The molecule has 0 bridgehead atoms. The highest BCUT2D eigenvalue weighted by molar-refractivity contribution is 4.67. The summed E-state index contributed by atoms with van der Waals surface area (Å²) in [5, 5.41) is 0. The van der Waals surface area contributed by atoms with Gasteiger partial charge in [0.1, 0.15) is 0 Å². The zero-order chi connectivity index (χ0) is 11.6. The second kappa shape index (κ2) is 9.55. The highest BCUT2D eigenvalue weighted by Gasteiger charge is 2.15. The molecule has 0 aromatic carbocycles. The van der Waals surface area contributed by atoms with Gasteiger partial charge in [0.15, 0.2) is 0 Å². The second-order valence-electron chi connectivity index (χ2n) is 4.95. The number of rotatable bonds is 6. The Labute approximate surface area is 92.5 Å². The fourth-order valence-corrected chi connectivity index (χ4v) is 1.45. The average Bonchev–Trinajstić information content (AvgIpc) is 2.19. The summed E-state index contributed by atoms with van der Waals surface area (Å²) in [7, 11) is 0. The van der Waals surface area contributed by atoms with E-state index in [-0.39, 0.29) is 0 Å². The van der Waals surface area contributed by atoms with E-state index >= 15 is 0 Å². The molecule has 0 N–H and O–H groups in total. The van der Waals surface area contributed by atoms with Gasteiger partial charge in [-0.2, -0.15) is 0 Å². The molecule has 0 amide bonds. The highest BCUT2D eigenvalue weighted by Crippen LogP contribution is 2.28. The summed E-state index contributed by atoms with van der Waals surface area (Å²) in [6.07, 6.45) is 6.86. The third-order valence-electron chi connectivity index (χ3n) is 3.05. The standard InChI is InChI=1S/C12H26.C2H6/c1-6-8-11(3)9-10-12(4,5)7-2;1-2/h11H,6-10H2,1-5H3;1-2H3. The quantitative estimate of drug-likeness (QED) is 0.518. The van der Waals surface area contributed by atoms with E-state index in [0.29, 0.717) is 5.41 Å². The van der Waals surface area contributed by atoms with Crippen LogP contribution in [0.15, 0.2) is 0 Å². The maximum absolute atomic E-state index is 2.38. The van der Waals surface area contributed by atoms with Crippen molar-refractivity contribution in [3.8, 4) is 0 Å². The molecule has 1 unspecified atom stereocenters. The Morgan fingerprint density at radius 2 is 1.50 bits per heavy atom. The van der Waals surface area contributed by atoms with Crippen molar-refractivity contribution in [1.29, 1.82) is 0 Å². The summed E-state index contributed by atoms with van der Waals surface area (Å²) in [4.78, 5) is 0. The average molecular weight is 200 g/mol. The minimum absolute atomic E-state index is 0.571. The van der Waals surface area contributed by atoms with Crippen LogP contribution < -0.4 is 0 Å². The third kappa shape index (κ3) is 10.1. The van der Waals surface area contributed by atoms with E-state index in [1.165, 1.54) is 32.1 Å². The van der Waals surface area contributed by atoms with Crippen LogP contribution in [0.4, 0.5) is 0 Å². The van der Waals surface area contributed by atoms with Crippen LogP contribution in [-0.2, 0) is 0 Å². The van der Waals surface area contributed by atoms with Gasteiger partial charge in [-0.15, -0.1) is 0 Å². The van der Waals surface area contributed by atoms with E-state index in [0.717, 1.165) is 5.92 Å². The SMILES string of the molecule is CC.CCCC(C)CCC(C)(C)CC. The minimum Gasteiger partial charge on any atom is -0.0683 e. The predicted octanol–water partition coefficient (Wildman–Crippen LogP) is 5.67. The van der Waals surface area contributed by atoms with Gasteiger partial charge in [-0.1, -0.05) is 74.1 Å². The van der Waals surface area contributed by atoms with Gasteiger partial charge in [-0.05, 0) is 17.8 Å². The first-order valence-electron chi connectivity index (χ1n) is 6.52. The van der Waals surface area contributed by atoms with Crippen LogP contribution in [0, 0.1) is 11.3 Å². The summed E-state index contributed by atoms with van der Waals surface area (Å²) in [5.74, 6) is 0.931. The second-order valence-corrected chi connectivity index (χ2v) is 4.95. The van der Waals surface area contributed by atoms with Gasteiger partial charge in [0.25, 0.3) is 0 Å². The first-order valence-corrected chi connectivity index (χ1v) is 6.52. The normalized spacial score (nSPS) is 13.1. The zero-order valence-electron chi connectivity index (χ0n) is 11.6. The molecule has 88 valence electrons. The van der Waals surface area contributed by atoms with Crippen molar-refractivity contribution in [1.82, 2.24) is 0 Å². The zero-order valence-corrected chi connectivity index (χ0v) is 11.6. The van der Waals surface area contributed by atoms with Crippen LogP contribution in [-0.4, -0.2) is 0 Å². The maximum atomic E-state index is 2.38. The highest BCUT2D eigenvalue weighted by atomic mass is 14.2. The van der Waals surface area contributed by atoms with Crippen molar-refractivity contribution < 1.29 is 0 Å². The van der Waals surface area contributed by atoms with Gasteiger partial charge in [0.05, 0.1) is 0 Å². The van der Waals surface area contributed by atoms with Crippen molar-refractivity contribution in [3.63, 3.8) is 0 Å². The summed E-state index contributed by atoms with van der Waals surface area (Å²) in [5.41, 5.74) is 0.571. The molecular weight excluding hydrogens is 168 g/mol. The molecule has 0 fully saturated rings.